The lowest BCUT2D eigenvalue weighted by Gasteiger charge is -2.41. The molecule has 5 heteroatoms. The molecule has 0 amide bonds. The van der Waals surface area contributed by atoms with E-state index in [2.05, 4.69) is 17.4 Å². The Morgan fingerprint density at radius 2 is 1.60 bits per heavy atom. The molecule has 0 bridgehead atoms. The van der Waals surface area contributed by atoms with Gasteiger partial charge in [-0.05, 0) is 91.5 Å². The highest BCUT2D eigenvalue weighted by molar-refractivity contribution is 5.65. The van der Waals surface area contributed by atoms with E-state index in [0.29, 0.717) is 28.9 Å². The summed E-state index contributed by atoms with van der Waals surface area (Å²) in [6.07, 6.45) is 4.40. The zero-order valence-corrected chi connectivity index (χ0v) is 16.8. The molecular formula is C25H26F4O. The average molecular weight is 418 g/mol. The predicted molar refractivity (Wildman–Crippen MR) is 110 cm³/mol. The van der Waals surface area contributed by atoms with Gasteiger partial charge in [0.25, 0.3) is 0 Å². The number of hydrogen-bond donors (Lipinski definition) is 0. The lowest BCUT2D eigenvalue weighted by Crippen LogP contribution is -2.29. The molecule has 0 aliphatic heterocycles. The Balaban J connectivity index is 1.45. The van der Waals surface area contributed by atoms with Crippen LogP contribution in [-0.2, 0) is 0 Å². The topological polar surface area (TPSA) is 9.23 Å². The highest BCUT2D eigenvalue weighted by Crippen LogP contribution is 2.48. The van der Waals surface area contributed by atoms with Gasteiger partial charge in [0.15, 0.2) is 0 Å². The monoisotopic (exact) mass is 418 g/mol. The van der Waals surface area contributed by atoms with Crippen molar-refractivity contribution in [2.75, 3.05) is 0 Å². The molecule has 2 aromatic rings. The van der Waals surface area contributed by atoms with E-state index in [1.807, 2.05) is 6.07 Å². The second kappa shape index (κ2) is 8.44. The first-order chi connectivity index (χ1) is 14.3. The normalized spacial score (nSPS) is 26.7. The number of fused-ring (bicyclic) bond motifs is 1. The summed E-state index contributed by atoms with van der Waals surface area (Å²) in [6.45, 7) is 3.95. The molecule has 0 heterocycles. The molecule has 0 saturated heterocycles. The van der Waals surface area contributed by atoms with E-state index in [0.717, 1.165) is 24.3 Å². The molecule has 0 radical (unpaired) electrons. The smallest absolute Gasteiger partial charge is 0.406 e. The number of allylic oxidation sites excluding steroid dienone is 1. The maximum absolute atomic E-state index is 14.9. The maximum Gasteiger partial charge on any atom is 0.573 e. The minimum atomic E-state index is -4.74. The first-order valence-corrected chi connectivity index (χ1v) is 10.6. The first-order valence-electron chi connectivity index (χ1n) is 10.6. The van der Waals surface area contributed by atoms with Crippen molar-refractivity contribution in [2.24, 2.45) is 17.8 Å². The van der Waals surface area contributed by atoms with Crippen LogP contribution in [-0.4, -0.2) is 6.36 Å². The molecule has 4 rings (SSSR count). The van der Waals surface area contributed by atoms with Gasteiger partial charge >= 0.3 is 6.36 Å². The molecule has 2 aliphatic rings. The molecule has 30 heavy (non-hydrogen) atoms. The van der Waals surface area contributed by atoms with Gasteiger partial charge in [0.1, 0.15) is 11.6 Å². The van der Waals surface area contributed by atoms with E-state index in [-0.39, 0.29) is 11.6 Å². The lowest BCUT2D eigenvalue weighted by atomic mass is 9.64. The van der Waals surface area contributed by atoms with Gasteiger partial charge in [-0.15, -0.1) is 19.8 Å². The van der Waals surface area contributed by atoms with Crippen molar-refractivity contribution in [1.29, 1.82) is 0 Å². The van der Waals surface area contributed by atoms with Gasteiger partial charge in [-0.2, -0.15) is 0 Å². The third-order valence-electron chi connectivity index (χ3n) is 6.85. The summed E-state index contributed by atoms with van der Waals surface area (Å²) in [5.41, 5.74) is 1.94. The Labute approximate surface area is 174 Å². The van der Waals surface area contributed by atoms with Gasteiger partial charge < -0.3 is 4.74 Å². The number of ether oxygens (including phenoxy) is 1. The molecule has 2 fully saturated rings. The third kappa shape index (κ3) is 4.71. The fourth-order valence-electron chi connectivity index (χ4n) is 5.30. The minimum Gasteiger partial charge on any atom is -0.406 e. The Hall–Kier alpha value is -2.30. The summed E-state index contributed by atoms with van der Waals surface area (Å²) in [7, 11) is 0. The minimum absolute atomic E-state index is 0.314. The molecule has 2 aliphatic carbocycles. The van der Waals surface area contributed by atoms with E-state index in [4.69, 9.17) is 0 Å². The van der Waals surface area contributed by atoms with Crippen LogP contribution < -0.4 is 4.74 Å². The second-order valence-corrected chi connectivity index (χ2v) is 8.65. The van der Waals surface area contributed by atoms with Crippen molar-refractivity contribution in [3.8, 4) is 16.9 Å². The highest BCUT2D eigenvalue weighted by atomic mass is 19.4. The molecule has 1 nitrogen and oxygen atoms in total. The van der Waals surface area contributed by atoms with E-state index in [1.165, 1.54) is 49.9 Å². The molecule has 0 N–H and O–H groups in total. The Morgan fingerprint density at radius 1 is 0.900 bits per heavy atom. The Morgan fingerprint density at radius 3 is 2.27 bits per heavy atom. The van der Waals surface area contributed by atoms with Gasteiger partial charge in [-0.1, -0.05) is 30.3 Å². The number of benzene rings is 2. The number of alkyl halides is 3. The predicted octanol–water partition coefficient (Wildman–Crippen LogP) is 7.88. The highest BCUT2D eigenvalue weighted by Gasteiger charge is 2.35. The molecule has 4 unspecified atom stereocenters. The van der Waals surface area contributed by atoms with Crippen molar-refractivity contribution in [3.63, 3.8) is 0 Å². The van der Waals surface area contributed by atoms with Crippen LogP contribution in [0.15, 0.2) is 55.1 Å². The fraction of sp³-hybridized carbons (Fsp3) is 0.440. The number of halogens is 4. The summed E-state index contributed by atoms with van der Waals surface area (Å²) in [6, 6.07) is 10.6. The van der Waals surface area contributed by atoms with Crippen molar-refractivity contribution in [1.82, 2.24) is 0 Å². The Bertz CT molecular complexity index is 887. The van der Waals surface area contributed by atoms with Crippen molar-refractivity contribution >= 4 is 0 Å². The second-order valence-electron chi connectivity index (χ2n) is 8.65. The van der Waals surface area contributed by atoms with Crippen LogP contribution in [0, 0.1) is 23.6 Å². The van der Waals surface area contributed by atoms with Gasteiger partial charge in [-0.3, -0.25) is 0 Å². The number of hydrogen-bond acceptors (Lipinski definition) is 1. The molecule has 0 aromatic heterocycles. The molecular weight excluding hydrogens is 392 g/mol. The van der Waals surface area contributed by atoms with Crippen LogP contribution in [0.25, 0.3) is 11.1 Å². The van der Waals surface area contributed by atoms with E-state index in [9.17, 15) is 17.6 Å². The van der Waals surface area contributed by atoms with Crippen LogP contribution in [0.5, 0.6) is 5.75 Å². The molecule has 4 atom stereocenters. The summed E-state index contributed by atoms with van der Waals surface area (Å²) < 4.78 is 55.7. The summed E-state index contributed by atoms with van der Waals surface area (Å²) >= 11 is 0. The van der Waals surface area contributed by atoms with Crippen molar-refractivity contribution < 1.29 is 22.3 Å². The van der Waals surface area contributed by atoms with Crippen molar-refractivity contribution in [3.05, 3.63) is 66.5 Å². The fourth-order valence-corrected chi connectivity index (χ4v) is 5.30. The van der Waals surface area contributed by atoms with Crippen molar-refractivity contribution in [2.45, 2.75) is 50.8 Å². The standard InChI is InChI=1S/C25H26F4O/c1-2-16-3-4-19-14-20(6-5-18(19)13-16)21-9-12-23(24(26)15-21)17-7-10-22(11-8-17)30-25(27,28)29/h2,7-12,15-16,18-20H,1,3-6,13-14H2. The summed E-state index contributed by atoms with van der Waals surface area (Å²) in [5, 5.41) is 0. The number of rotatable bonds is 4. The quantitative estimate of drug-likeness (QED) is 0.362. The summed E-state index contributed by atoms with van der Waals surface area (Å²) in [4.78, 5) is 0. The van der Waals surface area contributed by atoms with Gasteiger partial charge in [0, 0.05) is 5.56 Å². The zero-order chi connectivity index (χ0) is 21.3. The van der Waals surface area contributed by atoms with Gasteiger partial charge in [-0.25, -0.2) is 4.39 Å². The third-order valence-corrected chi connectivity index (χ3v) is 6.85. The van der Waals surface area contributed by atoms with E-state index in [1.54, 1.807) is 12.1 Å². The summed E-state index contributed by atoms with van der Waals surface area (Å²) in [5.74, 6) is 1.84. The van der Waals surface area contributed by atoms with E-state index >= 15 is 0 Å². The SMILES string of the molecule is C=CC1CCC2CC(c3ccc(-c4ccc(OC(F)(F)F)cc4)c(F)c3)CCC2C1. The Kier molecular flexibility index (Phi) is 5.90. The average Bonchev–Trinajstić information content (AvgIpc) is 2.72. The largest absolute Gasteiger partial charge is 0.573 e. The zero-order valence-electron chi connectivity index (χ0n) is 16.8. The van der Waals surface area contributed by atoms with Crippen LogP contribution >= 0.6 is 0 Å². The van der Waals surface area contributed by atoms with Crippen LogP contribution in [0.1, 0.15) is 50.0 Å². The van der Waals surface area contributed by atoms with Crippen LogP contribution in [0.4, 0.5) is 17.6 Å². The van der Waals surface area contributed by atoms with E-state index < -0.39 is 6.36 Å². The van der Waals surface area contributed by atoms with Gasteiger partial charge in [0.2, 0.25) is 0 Å². The van der Waals surface area contributed by atoms with Crippen LogP contribution in [0.2, 0.25) is 0 Å². The molecule has 2 aromatic carbocycles. The lowest BCUT2D eigenvalue weighted by molar-refractivity contribution is -0.274. The molecule has 0 spiro atoms. The molecule has 160 valence electrons. The first kappa shape index (κ1) is 21.0. The molecule has 2 saturated carbocycles. The maximum atomic E-state index is 14.9. The van der Waals surface area contributed by atoms with Gasteiger partial charge in [0.05, 0.1) is 0 Å². The van der Waals surface area contributed by atoms with Crippen LogP contribution in [0.3, 0.4) is 0 Å².